The van der Waals surface area contributed by atoms with Crippen LogP contribution in [-0.4, -0.2) is 32.7 Å². The predicted molar refractivity (Wildman–Crippen MR) is 87.3 cm³/mol. The molecule has 3 aromatic rings. The van der Waals surface area contributed by atoms with E-state index in [0.29, 0.717) is 0 Å². The Hall–Kier alpha value is -2.34. The maximum absolute atomic E-state index is 12.3. The minimum Gasteiger partial charge on any atom is -0.360 e. The summed E-state index contributed by atoms with van der Waals surface area (Å²) < 4.78 is 7.21. The van der Waals surface area contributed by atoms with E-state index in [1.807, 2.05) is 41.8 Å². The molecule has 0 aliphatic carbocycles. The quantitative estimate of drug-likeness (QED) is 0.807. The second-order valence-corrected chi connectivity index (χ2v) is 6.26. The number of hydrogen-bond donors (Lipinski definition) is 1. The van der Waals surface area contributed by atoms with Crippen molar-refractivity contribution in [1.29, 1.82) is 0 Å². The van der Waals surface area contributed by atoms with E-state index >= 15 is 0 Å². The van der Waals surface area contributed by atoms with Gasteiger partial charge in [0.2, 0.25) is 0 Å². The third-order valence-corrected chi connectivity index (χ3v) is 4.60. The molecule has 0 unspecified atom stereocenters. The lowest BCUT2D eigenvalue weighted by Gasteiger charge is -2.31. The first-order chi connectivity index (χ1) is 11.2. The summed E-state index contributed by atoms with van der Waals surface area (Å²) in [5.74, 6) is 0.908. The van der Waals surface area contributed by atoms with E-state index < -0.39 is 0 Å². The number of likely N-dealkylation sites (tertiary alicyclic amines) is 1. The zero-order chi connectivity index (χ0) is 15.8. The molecule has 0 bridgehead atoms. The van der Waals surface area contributed by atoms with Gasteiger partial charge in [0.05, 0.1) is 23.3 Å². The standard InChI is InChI=1S/C17H20N4O2/c1-12-10-14(23-19-12)11-20-8-6-13(7-9-20)21-16-5-3-2-4-15(16)18-17(21)22/h2-5,10,13H,6-9,11H2,1H3,(H,18,22). The van der Waals surface area contributed by atoms with E-state index in [4.69, 9.17) is 4.52 Å². The lowest BCUT2D eigenvalue weighted by atomic mass is 10.0. The molecule has 2 aromatic heterocycles. The highest BCUT2D eigenvalue weighted by Crippen LogP contribution is 2.25. The number of rotatable bonds is 3. The second kappa shape index (κ2) is 5.70. The summed E-state index contributed by atoms with van der Waals surface area (Å²) in [5.41, 5.74) is 2.83. The van der Waals surface area contributed by atoms with Gasteiger partial charge in [-0.05, 0) is 31.9 Å². The van der Waals surface area contributed by atoms with E-state index in [1.54, 1.807) is 0 Å². The third-order valence-electron chi connectivity index (χ3n) is 4.60. The number of nitrogens with one attached hydrogen (secondary N) is 1. The van der Waals surface area contributed by atoms with Crippen molar-refractivity contribution in [1.82, 2.24) is 19.6 Å². The Morgan fingerprint density at radius 3 is 2.83 bits per heavy atom. The highest BCUT2D eigenvalue weighted by molar-refractivity contribution is 5.75. The van der Waals surface area contributed by atoms with Crippen molar-refractivity contribution in [2.24, 2.45) is 0 Å². The molecule has 0 atom stereocenters. The fourth-order valence-corrected chi connectivity index (χ4v) is 3.48. The molecule has 0 radical (unpaired) electrons. The van der Waals surface area contributed by atoms with Crippen LogP contribution in [0.15, 0.2) is 39.6 Å². The SMILES string of the molecule is Cc1cc(CN2CCC(n3c(=O)[nH]c4ccccc43)CC2)on1. The van der Waals surface area contributed by atoms with Gasteiger partial charge in [0.1, 0.15) is 0 Å². The zero-order valence-electron chi connectivity index (χ0n) is 13.2. The predicted octanol–water partition coefficient (Wildman–Crippen LogP) is 2.46. The summed E-state index contributed by atoms with van der Waals surface area (Å²) >= 11 is 0. The number of benzene rings is 1. The normalized spacial score (nSPS) is 17.1. The summed E-state index contributed by atoms with van der Waals surface area (Å²) in [7, 11) is 0. The molecule has 120 valence electrons. The Labute approximate surface area is 133 Å². The van der Waals surface area contributed by atoms with Crippen LogP contribution in [0.2, 0.25) is 0 Å². The van der Waals surface area contributed by atoms with Gasteiger partial charge < -0.3 is 9.51 Å². The molecule has 0 spiro atoms. The van der Waals surface area contributed by atoms with Gasteiger partial charge in [-0.2, -0.15) is 0 Å². The molecule has 0 amide bonds. The molecule has 23 heavy (non-hydrogen) atoms. The first kappa shape index (κ1) is 14.3. The van der Waals surface area contributed by atoms with E-state index in [9.17, 15) is 4.79 Å². The highest BCUT2D eigenvalue weighted by Gasteiger charge is 2.24. The van der Waals surface area contributed by atoms with Gasteiger partial charge in [0, 0.05) is 25.2 Å². The number of aryl methyl sites for hydroxylation is 1. The minimum absolute atomic E-state index is 0.00416. The van der Waals surface area contributed by atoms with Gasteiger partial charge in [-0.1, -0.05) is 17.3 Å². The molecule has 1 aliphatic heterocycles. The molecule has 0 saturated carbocycles. The summed E-state index contributed by atoms with van der Waals surface area (Å²) in [6.07, 6.45) is 1.93. The van der Waals surface area contributed by atoms with Gasteiger partial charge in [-0.25, -0.2) is 4.79 Å². The topological polar surface area (TPSA) is 67.1 Å². The van der Waals surface area contributed by atoms with Crippen LogP contribution in [0.3, 0.4) is 0 Å². The second-order valence-electron chi connectivity index (χ2n) is 6.26. The molecule has 1 saturated heterocycles. The maximum Gasteiger partial charge on any atom is 0.326 e. The first-order valence-corrected chi connectivity index (χ1v) is 8.04. The number of imidazole rings is 1. The van der Waals surface area contributed by atoms with Gasteiger partial charge in [0.15, 0.2) is 5.76 Å². The van der Waals surface area contributed by atoms with Crippen molar-refractivity contribution in [2.45, 2.75) is 32.4 Å². The molecule has 4 rings (SSSR count). The van der Waals surface area contributed by atoms with Gasteiger partial charge in [-0.15, -0.1) is 0 Å². The van der Waals surface area contributed by atoms with Crippen molar-refractivity contribution >= 4 is 11.0 Å². The average Bonchev–Trinajstić information content (AvgIpc) is 3.10. The van der Waals surface area contributed by atoms with E-state index in [1.165, 1.54) is 0 Å². The fourth-order valence-electron chi connectivity index (χ4n) is 3.48. The van der Waals surface area contributed by atoms with Crippen molar-refractivity contribution in [3.05, 3.63) is 52.3 Å². The van der Waals surface area contributed by atoms with Crippen molar-refractivity contribution < 1.29 is 4.52 Å². The van der Waals surface area contributed by atoms with Crippen LogP contribution >= 0.6 is 0 Å². The number of fused-ring (bicyclic) bond motifs is 1. The maximum atomic E-state index is 12.3. The third kappa shape index (κ3) is 2.70. The largest absolute Gasteiger partial charge is 0.360 e. The highest BCUT2D eigenvalue weighted by atomic mass is 16.5. The summed E-state index contributed by atoms with van der Waals surface area (Å²) in [6, 6.07) is 10.1. The van der Waals surface area contributed by atoms with Crippen molar-refractivity contribution in [2.75, 3.05) is 13.1 Å². The molecule has 6 heteroatoms. The summed E-state index contributed by atoms with van der Waals surface area (Å²) in [5, 5.41) is 3.93. The Bertz CT molecular complexity index is 868. The summed E-state index contributed by atoms with van der Waals surface area (Å²) in [6.45, 7) is 4.63. The Kier molecular flexibility index (Phi) is 3.53. The summed E-state index contributed by atoms with van der Waals surface area (Å²) in [4.78, 5) is 17.6. The van der Waals surface area contributed by atoms with Crippen LogP contribution in [0.5, 0.6) is 0 Å². The van der Waals surface area contributed by atoms with Crippen molar-refractivity contribution in [3.63, 3.8) is 0 Å². The van der Waals surface area contributed by atoms with E-state index in [2.05, 4.69) is 15.0 Å². The number of piperidine rings is 1. The monoisotopic (exact) mass is 312 g/mol. The van der Waals surface area contributed by atoms with Crippen LogP contribution in [-0.2, 0) is 6.54 Å². The number of H-pyrrole nitrogens is 1. The molecule has 1 aromatic carbocycles. The first-order valence-electron chi connectivity index (χ1n) is 8.04. The zero-order valence-corrected chi connectivity index (χ0v) is 13.2. The van der Waals surface area contributed by atoms with Crippen LogP contribution < -0.4 is 5.69 Å². The Morgan fingerprint density at radius 2 is 2.09 bits per heavy atom. The van der Waals surface area contributed by atoms with Gasteiger partial charge in [0.25, 0.3) is 0 Å². The lowest BCUT2D eigenvalue weighted by Crippen LogP contribution is -2.36. The Balaban J connectivity index is 1.48. The van der Waals surface area contributed by atoms with E-state index in [-0.39, 0.29) is 11.7 Å². The van der Waals surface area contributed by atoms with Gasteiger partial charge in [-0.3, -0.25) is 9.47 Å². The van der Waals surface area contributed by atoms with Crippen LogP contribution in [0.4, 0.5) is 0 Å². The van der Waals surface area contributed by atoms with Crippen LogP contribution in [0.25, 0.3) is 11.0 Å². The molecule has 1 fully saturated rings. The number of aromatic amines is 1. The van der Waals surface area contributed by atoms with Crippen LogP contribution in [0.1, 0.15) is 30.3 Å². The number of para-hydroxylation sites is 2. The fraction of sp³-hybridized carbons (Fsp3) is 0.412. The molecule has 6 nitrogen and oxygen atoms in total. The number of hydrogen-bond acceptors (Lipinski definition) is 4. The lowest BCUT2D eigenvalue weighted by molar-refractivity contribution is 0.164. The molecule has 1 N–H and O–H groups in total. The van der Waals surface area contributed by atoms with Crippen LogP contribution in [0, 0.1) is 6.92 Å². The van der Waals surface area contributed by atoms with E-state index in [0.717, 1.165) is 55.0 Å². The molecular formula is C17H20N4O2. The smallest absolute Gasteiger partial charge is 0.326 e. The molecule has 3 heterocycles. The Morgan fingerprint density at radius 1 is 1.30 bits per heavy atom. The van der Waals surface area contributed by atoms with Crippen molar-refractivity contribution in [3.8, 4) is 0 Å². The number of nitrogens with zero attached hydrogens (tertiary/aromatic N) is 3. The molecule has 1 aliphatic rings. The molecular weight excluding hydrogens is 292 g/mol. The average molecular weight is 312 g/mol. The number of aromatic nitrogens is 3. The van der Waals surface area contributed by atoms with Gasteiger partial charge >= 0.3 is 5.69 Å². The minimum atomic E-state index is -0.00416.